The highest BCUT2D eigenvalue weighted by Gasteiger charge is 2.17. The van der Waals surface area contributed by atoms with Gasteiger partial charge in [0.15, 0.2) is 0 Å². The molecule has 0 bridgehead atoms. The van der Waals surface area contributed by atoms with E-state index >= 15 is 0 Å². The van der Waals surface area contributed by atoms with E-state index in [0.29, 0.717) is 4.88 Å². The van der Waals surface area contributed by atoms with Crippen LogP contribution in [-0.2, 0) is 20.2 Å². The normalized spacial score (nSPS) is 14.9. The number of rotatable bonds is 4. The van der Waals surface area contributed by atoms with Gasteiger partial charge in [0.2, 0.25) is 10.0 Å². The van der Waals surface area contributed by atoms with Crippen LogP contribution < -0.4 is 15.0 Å². The summed E-state index contributed by atoms with van der Waals surface area (Å²) in [6.45, 7) is 1.54. The fraction of sp³-hybridized carbons (Fsp3) is 0.333. The molecule has 1 rings (SSSR count). The Balaban J connectivity index is 2.95. The first-order valence-electron chi connectivity index (χ1n) is 4.02. The van der Waals surface area contributed by atoms with Gasteiger partial charge in [-0.05, 0) is 19.1 Å². The standard InChI is InChI=1S/C6H11N3O4S3/c1-4(9-16(8,12)13)5-2-3-6(14-5)15(7,10)11/h2-4,9H,1H3,(H2,7,10,11)(H2,8,12,13). The van der Waals surface area contributed by atoms with Gasteiger partial charge in [-0.25, -0.2) is 18.7 Å². The fourth-order valence-electron chi connectivity index (χ4n) is 1.02. The van der Waals surface area contributed by atoms with E-state index in [9.17, 15) is 16.8 Å². The van der Waals surface area contributed by atoms with Crippen molar-refractivity contribution < 1.29 is 16.8 Å². The van der Waals surface area contributed by atoms with E-state index < -0.39 is 26.3 Å². The summed E-state index contributed by atoms with van der Waals surface area (Å²) in [5, 5.41) is 9.71. The van der Waals surface area contributed by atoms with Gasteiger partial charge in [-0.15, -0.1) is 11.3 Å². The number of hydrogen-bond donors (Lipinski definition) is 3. The molecule has 92 valence electrons. The van der Waals surface area contributed by atoms with Gasteiger partial charge in [-0.1, -0.05) is 0 Å². The van der Waals surface area contributed by atoms with Crippen LogP contribution in [0.1, 0.15) is 17.8 Å². The van der Waals surface area contributed by atoms with Crippen molar-refractivity contribution in [1.29, 1.82) is 0 Å². The van der Waals surface area contributed by atoms with Gasteiger partial charge in [0.1, 0.15) is 4.21 Å². The van der Waals surface area contributed by atoms with E-state index in [1.165, 1.54) is 12.1 Å². The predicted octanol–water partition coefficient (Wildman–Crippen LogP) is -0.750. The second-order valence-corrected chi connectivity index (χ2v) is 7.32. The lowest BCUT2D eigenvalue weighted by Crippen LogP contribution is -2.32. The van der Waals surface area contributed by atoms with Crippen LogP contribution in [0, 0.1) is 0 Å². The molecule has 7 nitrogen and oxygen atoms in total. The van der Waals surface area contributed by atoms with E-state index in [0.717, 1.165) is 11.3 Å². The first-order valence-corrected chi connectivity index (χ1v) is 7.93. The van der Waals surface area contributed by atoms with Crippen LogP contribution in [0.15, 0.2) is 16.3 Å². The average Bonchev–Trinajstić information content (AvgIpc) is 2.46. The van der Waals surface area contributed by atoms with Gasteiger partial charge in [0.05, 0.1) is 6.04 Å². The number of thiophene rings is 1. The largest absolute Gasteiger partial charge is 0.274 e. The molecule has 0 saturated carbocycles. The Labute approximate surface area is 97.7 Å². The number of sulfonamides is 1. The molecule has 1 atom stereocenters. The highest BCUT2D eigenvalue weighted by molar-refractivity contribution is 7.91. The summed E-state index contributed by atoms with van der Waals surface area (Å²) >= 11 is 0.893. The van der Waals surface area contributed by atoms with Crippen molar-refractivity contribution in [3.05, 3.63) is 17.0 Å². The molecule has 1 unspecified atom stereocenters. The highest BCUT2D eigenvalue weighted by Crippen LogP contribution is 2.25. The lowest BCUT2D eigenvalue weighted by Gasteiger charge is -2.08. The average molecular weight is 285 g/mol. The van der Waals surface area contributed by atoms with Crippen LogP contribution in [0.3, 0.4) is 0 Å². The SMILES string of the molecule is CC(NS(N)(=O)=O)c1ccc(S(N)(=O)=O)s1. The molecule has 10 heteroatoms. The van der Waals surface area contributed by atoms with Crippen LogP contribution in [0.4, 0.5) is 0 Å². The van der Waals surface area contributed by atoms with E-state index in [1.54, 1.807) is 6.92 Å². The molecule has 5 N–H and O–H groups in total. The van der Waals surface area contributed by atoms with Gasteiger partial charge in [-0.3, -0.25) is 0 Å². The number of nitrogens with two attached hydrogens (primary N) is 2. The van der Waals surface area contributed by atoms with Crippen molar-refractivity contribution in [1.82, 2.24) is 4.72 Å². The maximum Gasteiger partial charge on any atom is 0.274 e. The van der Waals surface area contributed by atoms with E-state index in [4.69, 9.17) is 10.3 Å². The van der Waals surface area contributed by atoms with Crippen LogP contribution >= 0.6 is 11.3 Å². The Kier molecular flexibility index (Phi) is 3.72. The van der Waals surface area contributed by atoms with Gasteiger partial charge >= 0.3 is 0 Å². The Morgan fingerprint density at radius 1 is 1.25 bits per heavy atom. The Morgan fingerprint density at radius 2 is 1.81 bits per heavy atom. The van der Waals surface area contributed by atoms with Crippen LogP contribution in [-0.4, -0.2) is 16.8 Å². The zero-order valence-electron chi connectivity index (χ0n) is 8.24. The van der Waals surface area contributed by atoms with Crippen molar-refractivity contribution in [3.8, 4) is 0 Å². The molecule has 0 aliphatic heterocycles. The molecule has 1 aromatic heterocycles. The highest BCUT2D eigenvalue weighted by atomic mass is 32.2. The maximum absolute atomic E-state index is 11.0. The summed E-state index contributed by atoms with van der Waals surface area (Å²) < 4.78 is 45.6. The maximum atomic E-state index is 11.0. The van der Waals surface area contributed by atoms with Crippen molar-refractivity contribution in [3.63, 3.8) is 0 Å². The van der Waals surface area contributed by atoms with Crippen molar-refractivity contribution in [2.45, 2.75) is 17.2 Å². The summed E-state index contributed by atoms with van der Waals surface area (Å²) in [4.78, 5) is 0.512. The van der Waals surface area contributed by atoms with Gasteiger partial charge in [0, 0.05) is 4.88 Å². The summed E-state index contributed by atoms with van der Waals surface area (Å²) in [6, 6.07) is 2.19. The molecule has 0 fully saturated rings. The molecule has 0 radical (unpaired) electrons. The first kappa shape index (κ1) is 13.5. The monoisotopic (exact) mass is 285 g/mol. The lowest BCUT2D eigenvalue weighted by atomic mass is 10.3. The summed E-state index contributed by atoms with van der Waals surface area (Å²) in [7, 11) is -7.57. The quantitative estimate of drug-likeness (QED) is 0.671. The van der Waals surface area contributed by atoms with Gasteiger partial charge < -0.3 is 0 Å². The fourth-order valence-corrected chi connectivity index (χ4v) is 3.47. The van der Waals surface area contributed by atoms with Gasteiger partial charge in [-0.2, -0.15) is 13.1 Å². The van der Waals surface area contributed by atoms with E-state index in [2.05, 4.69) is 4.72 Å². The zero-order valence-corrected chi connectivity index (χ0v) is 10.7. The molecule has 0 saturated heterocycles. The minimum absolute atomic E-state index is 0.0226. The second-order valence-electron chi connectivity index (χ2n) is 3.09. The third-order valence-corrected chi connectivity index (χ3v) is 5.04. The molecule has 0 amide bonds. The topological polar surface area (TPSA) is 132 Å². The molecule has 0 aliphatic carbocycles. The minimum Gasteiger partial charge on any atom is -0.224 e. The van der Waals surface area contributed by atoms with Gasteiger partial charge in [0.25, 0.3) is 10.2 Å². The Morgan fingerprint density at radius 3 is 2.19 bits per heavy atom. The second kappa shape index (κ2) is 4.39. The third-order valence-electron chi connectivity index (χ3n) is 1.65. The minimum atomic E-state index is -3.82. The zero-order chi connectivity index (χ0) is 12.6. The first-order chi connectivity index (χ1) is 7.09. The van der Waals surface area contributed by atoms with Crippen LogP contribution in [0.5, 0.6) is 0 Å². The molecule has 16 heavy (non-hydrogen) atoms. The number of hydrogen-bond acceptors (Lipinski definition) is 5. The van der Waals surface area contributed by atoms with Crippen LogP contribution in [0.2, 0.25) is 0 Å². The Hall–Kier alpha value is -0.520. The summed E-state index contributed by atoms with van der Waals surface area (Å²) in [5.41, 5.74) is 0. The summed E-state index contributed by atoms with van der Waals surface area (Å²) in [5.74, 6) is 0. The number of nitrogens with one attached hydrogen (secondary N) is 1. The van der Waals surface area contributed by atoms with Crippen LogP contribution in [0.25, 0.3) is 0 Å². The molecular weight excluding hydrogens is 274 g/mol. The molecule has 1 heterocycles. The molecule has 0 aliphatic rings. The summed E-state index contributed by atoms with van der Waals surface area (Å²) in [6.07, 6.45) is 0. The Bertz CT molecular complexity index is 574. The van der Waals surface area contributed by atoms with E-state index in [-0.39, 0.29) is 4.21 Å². The molecule has 0 spiro atoms. The molecule has 0 aromatic carbocycles. The smallest absolute Gasteiger partial charge is 0.224 e. The third kappa shape index (κ3) is 3.81. The predicted molar refractivity (Wildman–Crippen MR) is 60.4 cm³/mol. The van der Waals surface area contributed by atoms with Crippen molar-refractivity contribution in [2.24, 2.45) is 10.3 Å². The molecule has 1 aromatic rings. The van der Waals surface area contributed by atoms with Crippen molar-refractivity contribution >= 4 is 31.6 Å². The van der Waals surface area contributed by atoms with E-state index in [1.807, 2.05) is 0 Å². The lowest BCUT2D eigenvalue weighted by molar-refractivity contribution is 0.570. The molecular formula is C6H11N3O4S3. The number of primary sulfonamides is 1. The van der Waals surface area contributed by atoms with Crippen molar-refractivity contribution in [2.75, 3.05) is 0 Å².